The number of hydrogen-bond donors (Lipinski definition) is 2. The van der Waals surface area contributed by atoms with Gasteiger partial charge in [-0.1, -0.05) is 0 Å². The van der Waals surface area contributed by atoms with Gasteiger partial charge in [-0.25, -0.2) is 10.2 Å². The second-order valence-electron chi connectivity index (χ2n) is 3.96. The van der Waals surface area contributed by atoms with Crippen molar-refractivity contribution in [3.8, 4) is 0 Å². The smallest absolute Gasteiger partial charge is 0.332 e. The topological polar surface area (TPSA) is 70.7 Å². The number of carbonyl (C=O) groups is 1. The standard InChI is InChI=1S/C11H16N4OS/c12-11(16)14-13-8-9-4-5-10(17-9)15-6-2-1-3-7-15/h4-5,8H,1-3,6-7H2,(H3,12,14,16)/b13-8+. The number of hydrogen-bond acceptors (Lipinski definition) is 4. The Kier molecular flexibility index (Phi) is 3.98. The molecule has 0 aromatic carbocycles. The average molecular weight is 252 g/mol. The van der Waals surface area contributed by atoms with Crippen molar-refractivity contribution in [1.29, 1.82) is 0 Å². The second kappa shape index (κ2) is 5.67. The molecule has 2 rings (SSSR count). The first kappa shape index (κ1) is 11.9. The molecule has 0 aliphatic carbocycles. The van der Waals surface area contributed by atoms with Crippen LogP contribution in [-0.4, -0.2) is 25.3 Å². The molecule has 0 bridgehead atoms. The Bertz CT molecular complexity index is 409. The number of urea groups is 1. The van der Waals surface area contributed by atoms with Crippen LogP contribution in [0.15, 0.2) is 17.2 Å². The Labute approximate surface area is 104 Å². The van der Waals surface area contributed by atoms with Gasteiger partial charge in [-0.2, -0.15) is 5.10 Å². The van der Waals surface area contributed by atoms with Gasteiger partial charge >= 0.3 is 6.03 Å². The van der Waals surface area contributed by atoms with Gasteiger partial charge in [0, 0.05) is 18.0 Å². The largest absolute Gasteiger partial charge is 0.363 e. The molecule has 0 radical (unpaired) electrons. The first-order chi connectivity index (χ1) is 8.25. The Morgan fingerprint density at radius 1 is 1.41 bits per heavy atom. The van der Waals surface area contributed by atoms with Crippen molar-refractivity contribution in [2.24, 2.45) is 10.8 Å². The molecule has 0 spiro atoms. The lowest BCUT2D eigenvalue weighted by atomic mass is 10.1. The van der Waals surface area contributed by atoms with E-state index in [9.17, 15) is 4.79 Å². The van der Waals surface area contributed by atoms with Gasteiger partial charge < -0.3 is 10.6 Å². The Hall–Kier alpha value is -1.56. The minimum absolute atomic E-state index is 0.644. The van der Waals surface area contributed by atoms with E-state index in [0.717, 1.165) is 18.0 Å². The average Bonchev–Trinajstić information content (AvgIpc) is 2.78. The van der Waals surface area contributed by atoms with Crippen LogP contribution in [0.5, 0.6) is 0 Å². The maximum atomic E-state index is 10.4. The minimum Gasteiger partial charge on any atom is -0.363 e. The number of piperidine rings is 1. The third-order valence-electron chi connectivity index (χ3n) is 2.65. The third-order valence-corrected chi connectivity index (χ3v) is 3.73. The van der Waals surface area contributed by atoms with Crippen LogP contribution in [-0.2, 0) is 0 Å². The van der Waals surface area contributed by atoms with E-state index >= 15 is 0 Å². The summed E-state index contributed by atoms with van der Waals surface area (Å²) >= 11 is 1.68. The van der Waals surface area contributed by atoms with Gasteiger partial charge in [-0.05, 0) is 31.4 Å². The summed E-state index contributed by atoms with van der Waals surface area (Å²) in [6.07, 6.45) is 5.48. The lowest BCUT2D eigenvalue weighted by Gasteiger charge is -2.27. The van der Waals surface area contributed by atoms with Gasteiger partial charge in [0.1, 0.15) is 0 Å². The van der Waals surface area contributed by atoms with Crippen molar-refractivity contribution in [3.63, 3.8) is 0 Å². The van der Waals surface area contributed by atoms with E-state index in [1.807, 2.05) is 6.07 Å². The van der Waals surface area contributed by atoms with E-state index < -0.39 is 6.03 Å². The number of hydrazone groups is 1. The van der Waals surface area contributed by atoms with Crippen molar-refractivity contribution < 1.29 is 4.79 Å². The molecule has 6 heteroatoms. The highest BCUT2D eigenvalue weighted by molar-refractivity contribution is 7.17. The quantitative estimate of drug-likeness (QED) is 0.635. The summed E-state index contributed by atoms with van der Waals surface area (Å²) in [5, 5.41) is 5.01. The van der Waals surface area contributed by atoms with Crippen molar-refractivity contribution in [2.75, 3.05) is 18.0 Å². The summed E-state index contributed by atoms with van der Waals surface area (Å²) in [7, 11) is 0. The fourth-order valence-electron chi connectivity index (χ4n) is 1.86. The number of carbonyl (C=O) groups excluding carboxylic acids is 1. The molecule has 1 aliphatic heterocycles. The molecule has 1 fully saturated rings. The number of nitrogens with two attached hydrogens (primary N) is 1. The number of thiophene rings is 1. The van der Waals surface area contributed by atoms with E-state index in [0.29, 0.717) is 0 Å². The molecule has 5 nitrogen and oxygen atoms in total. The molecule has 1 saturated heterocycles. The van der Waals surface area contributed by atoms with E-state index in [4.69, 9.17) is 5.73 Å². The van der Waals surface area contributed by atoms with E-state index in [1.54, 1.807) is 17.6 Å². The van der Waals surface area contributed by atoms with Crippen molar-refractivity contribution >= 4 is 28.6 Å². The summed E-state index contributed by atoms with van der Waals surface area (Å²) in [5.41, 5.74) is 7.09. The highest BCUT2D eigenvalue weighted by Gasteiger charge is 2.12. The summed E-state index contributed by atoms with van der Waals surface area (Å²) in [4.78, 5) is 13.8. The zero-order chi connectivity index (χ0) is 12.1. The second-order valence-corrected chi connectivity index (χ2v) is 5.05. The highest BCUT2D eigenvalue weighted by Crippen LogP contribution is 2.27. The molecule has 1 aromatic rings. The molecule has 3 N–H and O–H groups in total. The Balaban J connectivity index is 1.95. The van der Waals surface area contributed by atoms with E-state index in [1.165, 1.54) is 24.3 Å². The summed E-state index contributed by atoms with van der Waals surface area (Å²) in [5.74, 6) is 0. The molecule has 92 valence electrons. The van der Waals surface area contributed by atoms with Crippen molar-refractivity contribution in [1.82, 2.24) is 5.43 Å². The minimum atomic E-state index is -0.644. The zero-order valence-corrected chi connectivity index (χ0v) is 10.4. The predicted molar refractivity (Wildman–Crippen MR) is 70.7 cm³/mol. The van der Waals surface area contributed by atoms with Crippen LogP contribution in [0.1, 0.15) is 24.1 Å². The molecule has 0 saturated carbocycles. The fraction of sp³-hybridized carbons (Fsp3) is 0.455. The number of anilines is 1. The number of nitrogens with one attached hydrogen (secondary N) is 1. The van der Waals surface area contributed by atoms with Gasteiger partial charge in [0.2, 0.25) is 0 Å². The molecular formula is C11H16N4OS. The van der Waals surface area contributed by atoms with E-state index in [-0.39, 0.29) is 0 Å². The van der Waals surface area contributed by atoms with Crippen LogP contribution in [0.2, 0.25) is 0 Å². The van der Waals surface area contributed by atoms with Crippen LogP contribution in [0.4, 0.5) is 9.80 Å². The first-order valence-corrected chi connectivity index (χ1v) is 6.50. The van der Waals surface area contributed by atoms with Gasteiger partial charge in [0.15, 0.2) is 0 Å². The van der Waals surface area contributed by atoms with Crippen LogP contribution in [0.25, 0.3) is 0 Å². The third kappa shape index (κ3) is 3.45. The Morgan fingerprint density at radius 2 is 2.18 bits per heavy atom. The van der Waals surface area contributed by atoms with Crippen molar-refractivity contribution in [2.45, 2.75) is 19.3 Å². The van der Waals surface area contributed by atoms with Gasteiger partial charge in [-0.15, -0.1) is 11.3 Å². The molecule has 1 aliphatic rings. The predicted octanol–water partition coefficient (Wildman–Crippen LogP) is 1.74. The van der Waals surface area contributed by atoms with Gasteiger partial charge in [0.05, 0.1) is 11.2 Å². The SMILES string of the molecule is NC(=O)N/N=C/c1ccc(N2CCCCC2)s1. The summed E-state index contributed by atoms with van der Waals surface area (Å²) in [6, 6.07) is 3.46. The molecule has 0 unspecified atom stereocenters. The van der Waals surface area contributed by atoms with E-state index in [2.05, 4.69) is 21.5 Å². The molecule has 2 heterocycles. The first-order valence-electron chi connectivity index (χ1n) is 5.69. The summed E-state index contributed by atoms with van der Waals surface area (Å²) in [6.45, 7) is 2.27. The van der Waals surface area contributed by atoms with Gasteiger partial charge in [0.25, 0.3) is 0 Å². The van der Waals surface area contributed by atoms with Crippen molar-refractivity contribution in [3.05, 3.63) is 17.0 Å². The van der Waals surface area contributed by atoms with Crippen LogP contribution in [0, 0.1) is 0 Å². The maximum absolute atomic E-state index is 10.4. The lowest BCUT2D eigenvalue weighted by molar-refractivity contribution is 0.249. The highest BCUT2D eigenvalue weighted by atomic mass is 32.1. The van der Waals surface area contributed by atoms with Gasteiger partial charge in [-0.3, -0.25) is 0 Å². The molecule has 17 heavy (non-hydrogen) atoms. The van der Waals surface area contributed by atoms with Crippen LogP contribution >= 0.6 is 11.3 Å². The number of nitrogens with zero attached hydrogens (tertiary/aromatic N) is 2. The molecule has 2 amide bonds. The van der Waals surface area contributed by atoms with Crippen LogP contribution < -0.4 is 16.1 Å². The summed E-state index contributed by atoms with van der Waals surface area (Å²) < 4.78 is 0. The number of primary amides is 1. The fourth-order valence-corrected chi connectivity index (χ4v) is 2.79. The van der Waals surface area contributed by atoms with Crippen LogP contribution in [0.3, 0.4) is 0 Å². The molecule has 1 aromatic heterocycles. The number of amides is 2. The molecular weight excluding hydrogens is 236 g/mol. The zero-order valence-electron chi connectivity index (χ0n) is 9.56. The monoisotopic (exact) mass is 252 g/mol. The normalized spacial score (nSPS) is 16.4. The number of rotatable bonds is 3. The lowest BCUT2D eigenvalue weighted by Crippen LogP contribution is -2.28. The molecule has 0 atom stereocenters. The Morgan fingerprint density at radius 3 is 2.88 bits per heavy atom. The maximum Gasteiger partial charge on any atom is 0.332 e.